The van der Waals surface area contributed by atoms with E-state index in [1.807, 2.05) is 24.0 Å². The molecule has 1 aliphatic heterocycles. The molecular weight excluding hydrogens is 450 g/mol. The first-order valence-electron chi connectivity index (χ1n) is 11.9. The van der Waals surface area contributed by atoms with E-state index in [4.69, 9.17) is 4.74 Å². The minimum Gasteiger partial charge on any atom is -0.480 e. The fraction of sp³-hybridized carbons (Fsp3) is 0.286. The van der Waals surface area contributed by atoms with Crippen molar-refractivity contribution in [2.75, 3.05) is 5.32 Å². The Morgan fingerprint density at radius 1 is 1.06 bits per heavy atom. The molecule has 0 bridgehead atoms. The Bertz CT molecular complexity index is 1270. The van der Waals surface area contributed by atoms with Crippen molar-refractivity contribution < 1.29 is 23.1 Å². The van der Waals surface area contributed by atoms with E-state index in [1.54, 1.807) is 18.2 Å². The predicted octanol–water partition coefficient (Wildman–Crippen LogP) is 5.79. The average molecular weight is 477 g/mol. The van der Waals surface area contributed by atoms with Gasteiger partial charge in [0, 0.05) is 11.3 Å². The minimum absolute atomic E-state index is 0.0654. The number of rotatable bonds is 4. The molecule has 5 nitrogen and oxygen atoms in total. The van der Waals surface area contributed by atoms with Gasteiger partial charge in [-0.25, -0.2) is 8.78 Å². The van der Waals surface area contributed by atoms with Gasteiger partial charge in [-0.1, -0.05) is 37.3 Å². The maximum atomic E-state index is 14.1. The van der Waals surface area contributed by atoms with Gasteiger partial charge in [-0.05, 0) is 67.1 Å². The van der Waals surface area contributed by atoms with Crippen LogP contribution in [0.3, 0.4) is 0 Å². The van der Waals surface area contributed by atoms with Gasteiger partial charge in [-0.15, -0.1) is 0 Å². The highest BCUT2D eigenvalue weighted by Gasteiger charge is 2.36. The van der Waals surface area contributed by atoms with Crippen LogP contribution >= 0.6 is 0 Å². The number of hydrogen-bond donors (Lipinski definition) is 1. The van der Waals surface area contributed by atoms with E-state index >= 15 is 0 Å². The van der Waals surface area contributed by atoms with Gasteiger partial charge in [0.25, 0.3) is 11.8 Å². The largest absolute Gasteiger partial charge is 0.480 e. The van der Waals surface area contributed by atoms with Gasteiger partial charge in [0.05, 0.1) is 12.6 Å². The molecule has 35 heavy (non-hydrogen) atoms. The number of carbonyl (C=O) groups excluding carboxylic acids is 2. The smallest absolute Gasteiger partial charge is 0.264 e. The first-order valence-corrected chi connectivity index (χ1v) is 11.9. The number of benzene rings is 3. The SMILES string of the molecule is CC[C@H]1Oc2ccc(NC(=O)c3c(F)cccc3F)cc2CN([C@H]2CCCc3ccccc32)C1=O. The lowest BCUT2D eigenvalue weighted by atomic mass is 9.86. The van der Waals surface area contributed by atoms with Crippen LogP contribution in [0, 0.1) is 11.6 Å². The van der Waals surface area contributed by atoms with E-state index in [0.29, 0.717) is 24.4 Å². The third-order valence-corrected chi connectivity index (χ3v) is 6.76. The molecule has 7 heteroatoms. The van der Waals surface area contributed by atoms with Crippen molar-refractivity contribution in [2.24, 2.45) is 0 Å². The summed E-state index contributed by atoms with van der Waals surface area (Å²) in [5, 5.41) is 2.58. The van der Waals surface area contributed by atoms with E-state index in [0.717, 1.165) is 42.5 Å². The normalized spacial score (nSPS) is 19.3. The van der Waals surface area contributed by atoms with Gasteiger partial charge in [-0.2, -0.15) is 0 Å². The number of anilines is 1. The van der Waals surface area contributed by atoms with Crippen molar-refractivity contribution in [2.45, 2.75) is 51.3 Å². The summed E-state index contributed by atoms with van der Waals surface area (Å²) >= 11 is 0. The molecule has 2 aliphatic rings. The lowest BCUT2D eigenvalue weighted by Crippen LogP contribution is -2.42. The molecule has 0 fully saturated rings. The van der Waals surface area contributed by atoms with Gasteiger partial charge in [0.2, 0.25) is 0 Å². The maximum Gasteiger partial charge on any atom is 0.264 e. The summed E-state index contributed by atoms with van der Waals surface area (Å²) in [5.74, 6) is -2.25. The van der Waals surface area contributed by atoms with Gasteiger partial charge in [0.15, 0.2) is 6.10 Å². The Morgan fingerprint density at radius 2 is 1.83 bits per heavy atom. The highest BCUT2D eigenvalue weighted by molar-refractivity contribution is 6.04. The second kappa shape index (κ2) is 9.49. The van der Waals surface area contributed by atoms with Crippen molar-refractivity contribution in [1.29, 1.82) is 0 Å². The number of ether oxygens (including phenoxy) is 1. The summed E-state index contributed by atoms with van der Waals surface area (Å²) in [6.45, 7) is 2.22. The van der Waals surface area contributed by atoms with Crippen LogP contribution in [0.25, 0.3) is 0 Å². The molecular formula is C28H26F2N2O3. The molecule has 0 aromatic heterocycles. The molecule has 3 aromatic carbocycles. The van der Waals surface area contributed by atoms with Crippen LogP contribution in [-0.4, -0.2) is 22.8 Å². The number of halogens is 2. The topological polar surface area (TPSA) is 58.6 Å². The number of aryl methyl sites for hydroxylation is 1. The Morgan fingerprint density at radius 3 is 2.60 bits per heavy atom. The van der Waals surface area contributed by atoms with Crippen LogP contribution in [0.15, 0.2) is 60.7 Å². The van der Waals surface area contributed by atoms with Crippen molar-refractivity contribution >= 4 is 17.5 Å². The maximum absolute atomic E-state index is 14.1. The van der Waals surface area contributed by atoms with E-state index in [2.05, 4.69) is 17.4 Å². The third-order valence-electron chi connectivity index (χ3n) is 6.76. The van der Waals surface area contributed by atoms with Gasteiger partial charge >= 0.3 is 0 Å². The van der Waals surface area contributed by atoms with Gasteiger partial charge in [-0.3, -0.25) is 9.59 Å². The zero-order valence-electron chi connectivity index (χ0n) is 19.4. The number of hydrogen-bond acceptors (Lipinski definition) is 3. The molecule has 0 unspecified atom stereocenters. The van der Waals surface area contributed by atoms with E-state index in [9.17, 15) is 18.4 Å². The van der Waals surface area contributed by atoms with Crippen LogP contribution in [0.2, 0.25) is 0 Å². The highest BCUT2D eigenvalue weighted by Crippen LogP contribution is 2.39. The minimum atomic E-state index is -0.931. The number of nitrogens with one attached hydrogen (secondary N) is 1. The van der Waals surface area contributed by atoms with Crippen LogP contribution in [0.5, 0.6) is 5.75 Å². The Kier molecular flexibility index (Phi) is 6.24. The highest BCUT2D eigenvalue weighted by atomic mass is 19.1. The van der Waals surface area contributed by atoms with Crippen molar-refractivity contribution in [3.63, 3.8) is 0 Å². The van der Waals surface area contributed by atoms with Gasteiger partial charge < -0.3 is 15.0 Å². The van der Waals surface area contributed by atoms with E-state index in [1.165, 1.54) is 11.6 Å². The predicted molar refractivity (Wildman–Crippen MR) is 128 cm³/mol. The second-order valence-corrected chi connectivity index (χ2v) is 8.96. The van der Waals surface area contributed by atoms with Crippen LogP contribution in [0.1, 0.15) is 59.3 Å². The Balaban J connectivity index is 1.47. The molecule has 2 amide bonds. The summed E-state index contributed by atoms with van der Waals surface area (Å²) in [7, 11) is 0. The lowest BCUT2D eigenvalue weighted by Gasteiger charge is -2.36. The van der Waals surface area contributed by atoms with Crippen molar-refractivity contribution in [1.82, 2.24) is 4.90 Å². The molecule has 5 rings (SSSR count). The quantitative estimate of drug-likeness (QED) is 0.518. The summed E-state index contributed by atoms with van der Waals surface area (Å²) in [6, 6.07) is 16.4. The van der Waals surface area contributed by atoms with Crippen LogP contribution in [-0.2, 0) is 17.8 Å². The first kappa shape index (κ1) is 23.0. The molecule has 180 valence electrons. The van der Waals surface area contributed by atoms with Crippen molar-refractivity contribution in [3.05, 3.63) is 94.6 Å². The monoisotopic (exact) mass is 476 g/mol. The molecule has 0 saturated heterocycles. The summed E-state index contributed by atoms with van der Waals surface area (Å²) < 4.78 is 34.2. The third kappa shape index (κ3) is 4.38. The first-order chi connectivity index (χ1) is 17.0. The average Bonchev–Trinajstić information content (AvgIpc) is 2.99. The number of amides is 2. The fourth-order valence-electron chi connectivity index (χ4n) is 5.03. The summed E-state index contributed by atoms with van der Waals surface area (Å²) in [6.07, 6.45) is 2.74. The van der Waals surface area contributed by atoms with E-state index in [-0.39, 0.29) is 11.9 Å². The zero-order chi connectivity index (χ0) is 24.5. The molecule has 1 N–H and O–H groups in total. The van der Waals surface area contributed by atoms with E-state index < -0.39 is 29.2 Å². The number of nitrogens with zero attached hydrogens (tertiary/aromatic N) is 1. The number of carbonyl (C=O) groups is 2. The molecule has 0 saturated carbocycles. The molecule has 2 atom stereocenters. The lowest BCUT2D eigenvalue weighted by molar-refractivity contribution is -0.141. The molecule has 3 aromatic rings. The Labute approximate surface area is 202 Å². The number of fused-ring (bicyclic) bond motifs is 2. The summed E-state index contributed by atoms with van der Waals surface area (Å²) in [5.41, 5.74) is 2.86. The van der Waals surface area contributed by atoms with Gasteiger partial charge in [0.1, 0.15) is 22.9 Å². The fourth-order valence-corrected chi connectivity index (χ4v) is 5.03. The van der Waals surface area contributed by atoms with Crippen molar-refractivity contribution in [3.8, 4) is 5.75 Å². The second-order valence-electron chi connectivity index (χ2n) is 8.96. The standard InChI is InChI=1S/C28H26F2N2O3/c1-2-24-28(34)32(23-12-5-8-17-7-3-4-9-20(17)23)16-18-15-19(13-14-25(18)35-24)31-27(33)26-21(29)10-6-11-22(26)30/h3-4,6-7,9-11,13-15,23-24H,2,5,8,12,16H2,1H3,(H,31,33)/t23-,24+/m0/s1. The van der Waals surface area contributed by atoms with Crippen LogP contribution < -0.4 is 10.1 Å². The molecule has 1 heterocycles. The molecule has 0 spiro atoms. The Hall–Kier alpha value is -3.74. The van der Waals surface area contributed by atoms with Crippen LogP contribution in [0.4, 0.5) is 14.5 Å². The molecule has 1 aliphatic carbocycles. The zero-order valence-corrected chi connectivity index (χ0v) is 19.4. The molecule has 0 radical (unpaired) electrons. The summed E-state index contributed by atoms with van der Waals surface area (Å²) in [4.78, 5) is 28.0.